The van der Waals surface area contributed by atoms with Crippen LogP contribution in [0.2, 0.25) is 0 Å². The molecule has 2 rings (SSSR count). The Kier molecular flexibility index (Phi) is 4.67. The van der Waals surface area contributed by atoms with Crippen molar-refractivity contribution < 1.29 is 9.53 Å². The second-order valence-corrected chi connectivity index (χ2v) is 5.43. The van der Waals surface area contributed by atoms with E-state index in [1.165, 1.54) is 25.7 Å². The molecule has 18 heavy (non-hydrogen) atoms. The van der Waals surface area contributed by atoms with Gasteiger partial charge in [-0.05, 0) is 19.8 Å². The van der Waals surface area contributed by atoms with Crippen molar-refractivity contribution in [3.05, 3.63) is 11.3 Å². The van der Waals surface area contributed by atoms with Crippen LogP contribution in [0.25, 0.3) is 0 Å². The van der Waals surface area contributed by atoms with Gasteiger partial charge < -0.3 is 9.64 Å². The molecule has 0 spiro atoms. The fourth-order valence-electron chi connectivity index (χ4n) is 2.81. The van der Waals surface area contributed by atoms with Crippen LogP contribution >= 0.6 is 0 Å². The lowest BCUT2D eigenvalue weighted by Gasteiger charge is -2.32. The van der Waals surface area contributed by atoms with Crippen LogP contribution in [0.1, 0.15) is 65.2 Å². The highest BCUT2D eigenvalue weighted by Gasteiger charge is 2.36. The molecular weight excluding hydrogens is 226 g/mol. The molecule has 1 atom stereocenters. The molecule has 1 fully saturated rings. The van der Waals surface area contributed by atoms with Crippen LogP contribution in [0, 0.1) is 0 Å². The van der Waals surface area contributed by atoms with E-state index in [0.717, 1.165) is 43.6 Å². The van der Waals surface area contributed by atoms with Crippen LogP contribution < -0.4 is 0 Å². The molecule has 3 heteroatoms. The Morgan fingerprint density at radius 2 is 2.06 bits per heavy atom. The van der Waals surface area contributed by atoms with Gasteiger partial charge in [0.25, 0.3) is 5.91 Å². The second-order valence-electron chi connectivity index (χ2n) is 5.43. The SMILES string of the molecule is CCCCCCCC1=C(C)C(=O)N2CCCC2O1. The van der Waals surface area contributed by atoms with E-state index in [0.29, 0.717) is 0 Å². The minimum Gasteiger partial charge on any atom is -0.474 e. The van der Waals surface area contributed by atoms with Gasteiger partial charge in [-0.15, -0.1) is 0 Å². The molecule has 0 N–H and O–H groups in total. The van der Waals surface area contributed by atoms with Crippen molar-refractivity contribution in [2.75, 3.05) is 6.54 Å². The number of carbonyl (C=O) groups is 1. The number of unbranched alkanes of at least 4 members (excludes halogenated alkanes) is 4. The van der Waals surface area contributed by atoms with Crippen LogP contribution in [0.4, 0.5) is 0 Å². The van der Waals surface area contributed by atoms with Crippen LogP contribution in [0.15, 0.2) is 11.3 Å². The molecule has 0 bridgehead atoms. The van der Waals surface area contributed by atoms with Crippen molar-refractivity contribution in [3.8, 4) is 0 Å². The summed E-state index contributed by atoms with van der Waals surface area (Å²) in [6.45, 7) is 5.01. The lowest BCUT2D eigenvalue weighted by Crippen LogP contribution is -2.41. The predicted octanol–water partition coefficient (Wildman–Crippen LogP) is 3.60. The van der Waals surface area contributed by atoms with E-state index in [-0.39, 0.29) is 12.1 Å². The molecule has 1 amide bonds. The number of carbonyl (C=O) groups excluding carboxylic acids is 1. The summed E-state index contributed by atoms with van der Waals surface area (Å²) in [5, 5.41) is 0. The Morgan fingerprint density at radius 3 is 2.83 bits per heavy atom. The number of hydrogen-bond donors (Lipinski definition) is 0. The standard InChI is InChI=1S/C15H25NO2/c1-3-4-5-6-7-9-13-12(2)15(17)16-11-8-10-14(16)18-13/h14H,3-11H2,1-2H3. The Bertz CT molecular complexity index is 335. The van der Waals surface area contributed by atoms with Crippen LogP contribution in [0.5, 0.6) is 0 Å². The number of amides is 1. The van der Waals surface area contributed by atoms with Gasteiger partial charge in [-0.25, -0.2) is 0 Å². The number of nitrogens with zero attached hydrogens (tertiary/aromatic N) is 1. The summed E-state index contributed by atoms with van der Waals surface area (Å²) >= 11 is 0. The molecule has 0 aliphatic carbocycles. The minimum absolute atomic E-state index is 0.0341. The third kappa shape index (κ3) is 2.88. The minimum atomic E-state index is 0.0341. The molecule has 0 aromatic heterocycles. The first-order chi connectivity index (χ1) is 8.74. The summed E-state index contributed by atoms with van der Waals surface area (Å²) < 4.78 is 5.98. The number of fused-ring (bicyclic) bond motifs is 1. The molecule has 1 unspecified atom stereocenters. The highest BCUT2D eigenvalue weighted by Crippen LogP contribution is 2.31. The van der Waals surface area contributed by atoms with Crippen molar-refractivity contribution in [2.24, 2.45) is 0 Å². The van der Waals surface area contributed by atoms with Gasteiger partial charge in [-0.1, -0.05) is 32.6 Å². The normalized spacial score (nSPS) is 23.3. The van der Waals surface area contributed by atoms with E-state index >= 15 is 0 Å². The van der Waals surface area contributed by atoms with Gasteiger partial charge in [-0.3, -0.25) is 4.79 Å². The van der Waals surface area contributed by atoms with Crippen LogP contribution in [-0.2, 0) is 9.53 Å². The smallest absolute Gasteiger partial charge is 0.255 e. The molecule has 2 aliphatic heterocycles. The third-order valence-corrected chi connectivity index (χ3v) is 3.98. The average molecular weight is 251 g/mol. The van der Waals surface area contributed by atoms with Crippen LogP contribution in [0.3, 0.4) is 0 Å². The van der Waals surface area contributed by atoms with Crippen molar-refractivity contribution in [3.63, 3.8) is 0 Å². The van der Waals surface area contributed by atoms with Gasteiger partial charge in [0.15, 0.2) is 6.23 Å². The first kappa shape index (κ1) is 13.4. The molecule has 0 aromatic rings. The lowest BCUT2D eigenvalue weighted by molar-refractivity contribution is -0.139. The maximum absolute atomic E-state index is 12.1. The number of rotatable bonds is 6. The van der Waals surface area contributed by atoms with Crippen LogP contribution in [-0.4, -0.2) is 23.6 Å². The topological polar surface area (TPSA) is 29.5 Å². The van der Waals surface area contributed by atoms with E-state index in [4.69, 9.17) is 4.74 Å². The quantitative estimate of drug-likeness (QED) is 0.675. The largest absolute Gasteiger partial charge is 0.474 e. The van der Waals surface area contributed by atoms with Gasteiger partial charge in [0.05, 0.1) is 5.57 Å². The van der Waals surface area contributed by atoms with E-state index < -0.39 is 0 Å². The predicted molar refractivity (Wildman–Crippen MR) is 71.9 cm³/mol. The fourth-order valence-corrected chi connectivity index (χ4v) is 2.81. The summed E-state index contributed by atoms with van der Waals surface area (Å²) in [5.74, 6) is 1.16. The summed E-state index contributed by atoms with van der Waals surface area (Å²) in [6, 6.07) is 0. The Morgan fingerprint density at radius 1 is 1.28 bits per heavy atom. The van der Waals surface area contributed by atoms with Gasteiger partial charge in [0.2, 0.25) is 0 Å². The monoisotopic (exact) mass is 251 g/mol. The first-order valence-electron chi connectivity index (χ1n) is 7.41. The van der Waals surface area contributed by atoms with Crippen molar-refractivity contribution >= 4 is 5.91 Å². The second kappa shape index (κ2) is 6.26. The summed E-state index contributed by atoms with van der Waals surface area (Å²) in [7, 11) is 0. The summed E-state index contributed by atoms with van der Waals surface area (Å²) in [5.41, 5.74) is 0.837. The molecule has 0 saturated carbocycles. The molecule has 3 nitrogen and oxygen atoms in total. The zero-order valence-corrected chi connectivity index (χ0v) is 11.7. The molecule has 1 saturated heterocycles. The Balaban J connectivity index is 1.85. The molecule has 0 radical (unpaired) electrons. The van der Waals surface area contributed by atoms with E-state index in [2.05, 4.69) is 6.92 Å². The maximum atomic E-state index is 12.1. The van der Waals surface area contributed by atoms with E-state index in [9.17, 15) is 4.79 Å². The highest BCUT2D eigenvalue weighted by molar-refractivity contribution is 5.94. The number of ether oxygens (including phenoxy) is 1. The number of allylic oxidation sites excluding steroid dienone is 1. The summed E-state index contributed by atoms with van der Waals surface area (Å²) in [6.07, 6.45) is 9.32. The first-order valence-corrected chi connectivity index (χ1v) is 7.41. The zero-order chi connectivity index (χ0) is 13.0. The molecule has 2 aliphatic rings. The molecule has 0 aromatic carbocycles. The van der Waals surface area contributed by atoms with Gasteiger partial charge in [-0.2, -0.15) is 0 Å². The van der Waals surface area contributed by atoms with Gasteiger partial charge in [0, 0.05) is 19.4 Å². The number of hydrogen-bond acceptors (Lipinski definition) is 2. The fraction of sp³-hybridized carbons (Fsp3) is 0.800. The Labute approximate surface area is 110 Å². The lowest BCUT2D eigenvalue weighted by atomic mass is 10.1. The van der Waals surface area contributed by atoms with E-state index in [1.54, 1.807) is 0 Å². The highest BCUT2D eigenvalue weighted by atomic mass is 16.5. The summed E-state index contributed by atoms with van der Waals surface area (Å²) in [4.78, 5) is 14.0. The maximum Gasteiger partial charge on any atom is 0.255 e. The molecule has 2 heterocycles. The van der Waals surface area contributed by atoms with Crippen molar-refractivity contribution in [1.82, 2.24) is 4.90 Å². The zero-order valence-electron chi connectivity index (χ0n) is 11.7. The van der Waals surface area contributed by atoms with Gasteiger partial charge in [0.1, 0.15) is 5.76 Å². The van der Waals surface area contributed by atoms with Gasteiger partial charge >= 0.3 is 0 Å². The third-order valence-electron chi connectivity index (χ3n) is 3.98. The molecule has 102 valence electrons. The van der Waals surface area contributed by atoms with Crippen molar-refractivity contribution in [1.29, 1.82) is 0 Å². The molecular formula is C15H25NO2. The average Bonchev–Trinajstić information content (AvgIpc) is 2.83. The van der Waals surface area contributed by atoms with Crippen molar-refractivity contribution in [2.45, 2.75) is 71.4 Å². The van der Waals surface area contributed by atoms with E-state index in [1.807, 2.05) is 11.8 Å². The Hall–Kier alpha value is -0.990.